The fraction of sp³-hybridized carbons (Fsp3) is 0.571. The second kappa shape index (κ2) is 7.73. The van der Waals surface area contributed by atoms with Gasteiger partial charge in [-0.15, -0.1) is 12.4 Å². The monoisotopic (exact) mass is 393 g/mol. The summed E-state index contributed by atoms with van der Waals surface area (Å²) in [6.45, 7) is 1.17. The molecule has 0 radical (unpaired) electrons. The van der Waals surface area contributed by atoms with Crippen LogP contribution in [0.3, 0.4) is 0 Å². The van der Waals surface area contributed by atoms with Gasteiger partial charge in [-0.3, -0.25) is 10.1 Å². The number of nitro groups is 1. The standard InChI is InChI=1S/C14H19N3O6S.ClH/c1-15-10-3-2-4-16(9-10)24(20,21)14-8-13-12(22-5-6-23-13)7-11(14)17(18)19;/h7-8,10,15H,2-6,9H2,1H3;1H. The van der Waals surface area contributed by atoms with Gasteiger partial charge in [-0.05, 0) is 19.9 Å². The number of sulfonamides is 1. The highest BCUT2D eigenvalue weighted by atomic mass is 35.5. The Morgan fingerprint density at radius 2 is 1.92 bits per heavy atom. The Kier molecular flexibility index (Phi) is 6.09. The largest absolute Gasteiger partial charge is 0.486 e. The SMILES string of the molecule is CNC1CCCN(S(=O)(=O)c2cc3c(cc2[N+](=O)[O-])OCCO3)C1.Cl. The average Bonchev–Trinajstić information content (AvgIpc) is 2.60. The van der Waals surface area contributed by atoms with Gasteiger partial charge in [-0.2, -0.15) is 4.31 Å². The highest BCUT2D eigenvalue weighted by molar-refractivity contribution is 7.89. The van der Waals surface area contributed by atoms with Crippen LogP contribution in [0.15, 0.2) is 17.0 Å². The van der Waals surface area contributed by atoms with E-state index in [0.29, 0.717) is 13.0 Å². The number of hydrogen-bond acceptors (Lipinski definition) is 7. The van der Waals surface area contributed by atoms with Gasteiger partial charge < -0.3 is 14.8 Å². The molecule has 0 aromatic heterocycles. The number of halogens is 1. The van der Waals surface area contributed by atoms with Crippen molar-refractivity contribution < 1.29 is 22.8 Å². The number of ether oxygens (including phenoxy) is 2. The van der Waals surface area contributed by atoms with Crippen molar-refractivity contribution in [3.63, 3.8) is 0 Å². The third kappa shape index (κ3) is 3.81. The van der Waals surface area contributed by atoms with Gasteiger partial charge in [-0.1, -0.05) is 0 Å². The average molecular weight is 394 g/mol. The lowest BCUT2D eigenvalue weighted by Gasteiger charge is -2.31. The van der Waals surface area contributed by atoms with Crippen LogP contribution in [-0.2, 0) is 10.0 Å². The van der Waals surface area contributed by atoms with E-state index in [9.17, 15) is 18.5 Å². The van der Waals surface area contributed by atoms with Crippen molar-refractivity contribution in [1.29, 1.82) is 0 Å². The van der Waals surface area contributed by atoms with Gasteiger partial charge >= 0.3 is 0 Å². The second-order valence-corrected chi connectivity index (χ2v) is 7.62. The lowest BCUT2D eigenvalue weighted by Crippen LogP contribution is -2.46. The Hall–Kier alpha value is -1.62. The maximum Gasteiger partial charge on any atom is 0.293 e. The van der Waals surface area contributed by atoms with Crippen LogP contribution in [0.25, 0.3) is 0 Å². The minimum Gasteiger partial charge on any atom is -0.486 e. The molecule has 0 aliphatic carbocycles. The van der Waals surface area contributed by atoms with Crippen LogP contribution in [0.5, 0.6) is 11.5 Å². The van der Waals surface area contributed by atoms with Crippen molar-refractivity contribution in [2.24, 2.45) is 0 Å². The van der Waals surface area contributed by atoms with Crippen molar-refractivity contribution >= 4 is 28.1 Å². The van der Waals surface area contributed by atoms with Crippen LogP contribution in [-0.4, -0.2) is 57.0 Å². The number of rotatable bonds is 4. The smallest absolute Gasteiger partial charge is 0.293 e. The Labute approximate surface area is 151 Å². The number of nitrogens with one attached hydrogen (secondary N) is 1. The third-order valence-corrected chi connectivity index (χ3v) is 6.12. The summed E-state index contributed by atoms with van der Waals surface area (Å²) in [5.41, 5.74) is -0.495. The zero-order chi connectivity index (χ0) is 17.3. The maximum absolute atomic E-state index is 13.0. The fourth-order valence-electron chi connectivity index (χ4n) is 2.94. The van der Waals surface area contributed by atoms with Gasteiger partial charge in [-0.25, -0.2) is 8.42 Å². The number of fused-ring (bicyclic) bond motifs is 1. The first-order chi connectivity index (χ1) is 11.4. The zero-order valence-corrected chi connectivity index (χ0v) is 15.3. The van der Waals surface area contributed by atoms with Gasteiger partial charge in [0.15, 0.2) is 16.4 Å². The van der Waals surface area contributed by atoms with Crippen LogP contribution >= 0.6 is 12.4 Å². The first-order valence-electron chi connectivity index (χ1n) is 7.69. The summed E-state index contributed by atoms with van der Waals surface area (Å²) in [7, 11) is -2.23. The van der Waals surface area contributed by atoms with E-state index in [1.54, 1.807) is 7.05 Å². The summed E-state index contributed by atoms with van der Waals surface area (Å²) >= 11 is 0. The molecule has 2 aliphatic heterocycles. The minimum absolute atomic E-state index is 0. The minimum atomic E-state index is -4.00. The lowest BCUT2D eigenvalue weighted by molar-refractivity contribution is -0.388. The summed E-state index contributed by atoms with van der Waals surface area (Å²) in [6.07, 6.45) is 1.56. The van der Waals surface area contributed by atoms with Crippen LogP contribution in [0.2, 0.25) is 0 Å². The normalized spacial score (nSPS) is 20.6. The molecular weight excluding hydrogens is 374 g/mol. The van der Waals surface area contributed by atoms with E-state index in [2.05, 4.69) is 5.32 Å². The number of hydrogen-bond donors (Lipinski definition) is 1. The molecule has 1 N–H and O–H groups in total. The summed E-state index contributed by atoms with van der Waals surface area (Å²) in [6, 6.07) is 2.36. The van der Waals surface area contributed by atoms with Crippen LogP contribution in [0, 0.1) is 10.1 Å². The van der Waals surface area contributed by atoms with Gasteiger partial charge in [0.1, 0.15) is 13.2 Å². The Balaban J connectivity index is 0.00000225. The number of nitro benzene ring substituents is 1. The molecule has 1 fully saturated rings. The van der Waals surface area contributed by atoms with E-state index >= 15 is 0 Å². The molecule has 0 amide bonds. The highest BCUT2D eigenvalue weighted by Gasteiger charge is 2.36. The van der Waals surface area contributed by atoms with Gasteiger partial charge in [0.05, 0.1) is 11.0 Å². The Bertz CT molecular complexity index is 757. The van der Waals surface area contributed by atoms with E-state index in [1.165, 1.54) is 10.4 Å². The molecule has 1 aromatic carbocycles. The molecule has 9 nitrogen and oxygen atoms in total. The van der Waals surface area contributed by atoms with Crippen molar-refractivity contribution in [2.45, 2.75) is 23.8 Å². The zero-order valence-electron chi connectivity index (χ0n) is 13.6. The van der Waals surface area contributed by atoms with E-state index in [0.717, 1.165) is 12.5 Å². The molecule has 3 rings (SSSR count). The number of benzene rings is 1. The van der Waals surface area contributed by atoms with Gasteiger partial charge in [0, 0.05) is 25.2 Å². The molecular formula is C14H20ClN3O6S. The van der Waals surface area contributed by atoms with E-state index in [1.807, 2.05) is 0 Å². The van der Waals surface area contributed by atoms with Crippen LogP contribution in [0.1, 0.15) is 12.8 Å². The summed E-state index contributed by atoms with van der Waals surface area (Å²) in [5, 5.41) is 14.4. The van der Waals surface area contributed by atoms with Gasteiger partial charge in [0.2, 0.25) is 10.0 Å². The van der Waals surface area contributed by atoms with Crippen LogP contribution < -0.4 is 14.8 Å². The highest BCUT2D eigenvalue weighted by Crippen LogP contribution is 2.39. The molecule has 2 heterocycles. The molecule has 2 aliphatic rings. The van der Waals surface area contributed by atoms with E-state index in [4.69, 9.17) is 9.47 Å². The topological polar surface area (TPSA) is 111 Å². The first-order valence-corrected chi connectivity index (χ1v) is 9.13. The molecule has 1 atom stereocenters. The molecule has 11 heteroatoms. The van der Waals surface area contributed by atoms with E-state index < -0.39 is 20.6 Å². The molecule has 0 spiro atoms. The molecule has 1 saturated heterocycles. The quantitative estimate of drug-likeness (QED) is 0.603. The van der Waals surface area contributed by atoms with Crippen molar-refractivity contribution in [3.05, 3.63) is 22.2 Å². The molecule has 1 aromatic rings. The van der Waals surface area contributed by atoms with E-state index in [-0.39, 0.29) is 54.6 Å². The third-order valence-electron chi connectivity index (χ3n) is 4.23. The molecule has 0 saturated carbocycles. The fourth-order valence-corrected chi connectivity index (χ4v) is 4.62. The Morgan fingerprint density at radius 3 is 2.52 bits per heavy atom. The predicted molar refractivity (Wildman–Crippen MR) is 92.2 cm³/mol. The number of likely N-dealkylation sites (N-methyl/N-ethyl adjacent to an activating group) is 1. The predicted octanol–water partition coefficient (Wildman–Crippen LogP) is 1.16. The van der Waals surface area contributed by atoms with Crippen molar-refractivity contribution in [1.82, 2.24) is 9.62 Å². The first kappa shape index (κ1) is 19.7. The molecule has 1 unspecified atom stereocenters. The lowest BCUT2D eigenvalue weighted by atomic mass is 10.1. The van der Waals surface area contributed by atoms with Crippen molar-refractivity contribution in [3.8, 4) is 11.5 Å². The molecule has 140 valence electrons. The summed E-state index contributed by atoms with van der Waals surface area (Å²) < 4.78 is 37.9. The summed E-state index contributed by atoms with van der Waals surface area (Å²) in [4.78, 5) is 10.3. The molecule has 25 heavy (non-hydrogen) atoms. The number of piperidine rings is 1. The number of nitrogens with zero attached hydrogens (tertiary/aromatic N) is 2. The Morgan fingerprint density at radius 1 is 1.28 bits per heavy atom. The molecule has 0 bridgehead atoms. The van der Waals surface area contributed by atoms with Crippen molar-refractivity contribution in [2.75, 3.05) is 33.4 Å². The second-order valence-electron chi connectivity index (χ2n) is 5.71. The van der Waals surface area contributed by atoms with Gasteiger partial charge in [0.25, 0.3) is 5.69 Å². The summed E-state index contributed by atoms with van der Waals surface area (Å²) in [5.74, 6) is 0.409. The van der Waals surface area contributed by atoms with Crippen LogP contribution in [0.4, 0.5) is 5.69 Å². The maximum atomic E-state index is 13.0.